The van der Waals surface area contributed by atoms with Crippen molar-refractivity contribution in [3.63, 3.8) is 0 Å². The van der Waals surface area contributed by atoms with Crippen LogP contribution in [0, 0.1) is 0 Å². The van der Waals surface area contributed by atoms with E-state index in [1.807, 2.05) is 0 Å². The Morgan fingerprint density at radius 1 is 0.612 bits per heavy atom. The van der Waals surface area contributed by atoms with Gasteiger partial charge in [-0.3, -0.25) is 0 Å². The number of para-hydroxylation sites is 3. The third kappa shape index (κ3) is 4.66. The van der Waals surface area contributed by atoms with E-state index in [-0.39, 0.29) is 0 Å². The molecule has 3 heterocycles. The van der Waals surface area contributed by atoms with Crippen molar-refractivity contribution in [3.05, 3.63) is 150 Å². The molecule has 7 aromatic rings. The molecule has 0 atom stereocenters. The van der Waals surface area contributed by atoms with Gasteiger partial charge in [-0.15, -0.1) is 0 Å². The lowest BCUT2D eigenvalue weighted by atomic mass is 10.0. The third-order valence-electron chi connectivity index (χ3n) is 10.2. The molecule has 0 radical (unpaired) electrons. The van der Waals surface area contributed by atoms with E-state index >= 15 is 0 Å². The lowest BCUT2D eigenvalue weighted by Crippen LogP contribution is -2.42. The van der Waals surface area contributed by atoms with Crippen LogP contribution in [0.15, 0.2) is 144 Å². The maximum absolute atomic E-state index is 5.99. The van der Waals surface area contributed by atoms with Gasteiger partial charge in [-0.2, -0.15) is 0 Å². The van der Waals surface area contributed by atoms with Gasteiger partial charge in [0.05, 0.1) is 28.6 Å². The number of hydrogen-bond donors (Lipinski definition) is 1. The molecule has 49 heavy (non-hydrogen) atoms. The molecule has 0 spiro atoms. The van der Waals surface area contributed by atoms with Crippen molar-refractivity contribution in [3.8, 4) is 11.4 Å². The van der Waals surface area contributed by atoms with Gasteiger partial charge in [-0.1, -0.05) is 67.6 Å². The molecule has 1 aliphatic carbocycles. The van der Waals surface area contributed by atoms with E-state index in [0.717, 1.165) is 60.9 Å². The highest BCUT2D eigenvalue weighted by Gasteiger charge is 2.27. The smallest absolute Gasteiger partial charge is 0.154 e. The molecule has 0 fully saturated rings. The number of benzene rings is 5. The number of allylic oxidation sites excluding steroid dienone is 2. The Kier molecular flexibility index (Phi) is 7.08. The number of aromatic nitrogens is 2. The van der Waals surface area contributed by atoms with Gasteiger partial charge in [-0.25, -0.2) is 4.99 Å². The maximum Gasteiger partial charge on any atom is 0.154 e. The fourth-order valence-corrected chi connectivity index (χ4v) is 8.05. The summed E-state index contributed by atoms with van der Waals surface area (Å²) in [5.74, 6) is 0.889. The van der Waals surface area contributed by atoms with Crippen molar-refractivity contribution in [2.24, 2.45) is 10.7 Å². The largest absolute Gasteiger partial charge is 0.390 e. The van der Waals surface area contributed by atoms with E-state index in [1.165, 1.54) is 56.0 Å². The second kappa shape index (κ2) is 11.9. The summed E-state index contributed by atoms with van der Waals surface area (Å²) in [5.41, 5.74) is 18.1. The third-order valence-corrected chi connectivity index (χ3v) is 10.2. The van der Waals surface area contributed by atoms with E-state index < -0.39 is 0 Å². The lowest BCUT2D eigenvalue weighted by Gasteiger charge is -2.39. The Morgan fingerprint density at radius 3 is 1.73 bits per heavy atom. The minimum atomic E-state index is 0.785. The number of fused-ring (bicyclic) bond motifs is 6. The van der Waals surface area contributed by atoms with Crippen LogP contribution < -0.4 is 15.5 Å². The average molecular weight is 639 g/mol. The molecule has 2 N–H and O–H groups in total. The minimum absolute atomic E-state index is 0.785. The van der Waals surface area contributed by atoms with Gasteiger partial charge < -0.3 is 24.7 Å². The van der Waals surface area contributed by atoms with Crippen molar-refractivity contribution in [2.75, 3.05) is 22.9 Å². The molecule has 5 aromatic carbocycles. The fraction of sp³-hybridized carbons (Fsp3) is 0.140. The monoisotopic (exact) mass is 638 g/mol. The molecule has 0 bridgehead atoms. The summed E-state index contributed by atoms with van der Waals surface area (Å²) in [6, 6.07) is 43.9. The number of hydrogen-bond acceptors (Lipinski definition) is 3. The number of aliphatic imine (C=N–C) groups is 1. The number of rotatable bonds is 6. The summed E-state index contributed by atoms with van der Waals surface area (Å²) in [5, 5.41) is 3.88. The first kappa shape index (κ1) is 29.2. The lowest BCUT2D eigenvalue weighted by molar-refractivity contribution is 0.732. The summed E-state index contributed by atoms with van der Waals surface area (Å²) in [4.78, 5) is 9.46. The van der Waals surface area contributed by atoms with Gasteiger partial charge in [0, 0.05) is 57.7 Å². The van der Waals surface area contributed by atoms with Crippen molar-refractivity contribution in [1.82, 2.24) is 9.13 Å². The highest BCUT2D eigenvalue weighted by Crippen LogP contribution is 2.37. The topological polar surface area (TPSA) is 54.7 Å². The van der Waals surface area contributed by atoms with Crippen LogP contribution in [0.3, 0.4) is 0 Å². The van der Waals surface area contributed by atoms with Crippen molar-refractivity contribution >= 4 is 56.5 Å². The Hall–Kier alpha value is -6.01. The van der Waals surface area contributed by atoms with E-state index in [4.69, 9.17) is 10.7 Å². The molecular formula is C43H38N6. The maximum atomic E-state index is 5.99. The molecule has 0 unspecified atom stereocenters. The van der Waals surface area contributed by atoms with Crippen LogP contribution in [-0.2, 0) is 6.42 Å². The Bertz CT molecular complexity index is 2390. The van der Waals surface area contributed by atoms with Gasteiger partial charge in [0.15, 0.2) is 5.82 Å². The van der Waals surface area contributed by atoms with Gasteiger partial charge >= 0.3 is 0 Å². The van der Waals surface area contributed by atoms with E-state index in [9.17, 15) is 0 Å². The Labute approximate surface area is 286 Å². The van der Waals surface area contributed by atoms with Gasteiger partial charge in [0.1, 0.15) is 0 Å². The predicted octanol–water partition coefficient (Wildman–Crippen LogP) is 9.58. The number of nitrogens with zero attached hydrogens (tertiary/aromatic N) is 5. The second-order valence-corrected chi connectivity index (χ2v) is 12.8. The zero-order valence-corrected chi connectivity index (χ0v) is 27.6. The average Bonchev–Trinajstić information content (AvgIpc) is 3.68. The van der Waals surface area contributed by atoms with E-state index in [1.54, 1.807) is 0 Å². The van der Waals surface area contributed by atoms with Crippen LogP contribution in [0.4, 0.5) is 11.4 Å². The van der Waals surface area contributed by atoms with Crippen molar-refractivity contribution in [2.45, 2.75) is 26.2 Å². The number of anilines is 2. The van der Waals surface area contributed by atoms with Gasteiger partial charge in [0.25, 0.3) is 0 Å². The van der Waals surface area contributed by atoms with Crippen molar-refractivity contribution < 1.29 is 0 Å². The highest BCUT2D eigenvalue weighted by atomic mass is 15.3. The van der Waals surface area contributed by atoms with E-state index in [2.05, 4.69) is 159 Å². The van der Waals surface area contributed by atoms with Crippen LogP contribution in [0.5, 0.6) is 0 Å². The summed E-state index contributed by atoms with van der Waals surface area (Å²) < 4.78 is 4.76. The molecule has 0 amide bonds. The highest BCUT2D eigenvalue weighted by molar-refractivity contribution is 6.09. The molecule has 9 rings (SSSR count). The number of aryl methyl sites for hydroxylation is 1. The summed E-state index contributed by atoms with van der Waals surface area (Å²) in [6.07, 6.45) is 9.00. The molecule has 0 saturated carbocycles. The Balaban J connectivity index is 1.06. The molecule has 2 aromatic heterocycles. The number of nitrogens with two attached hydrogens (primary N) is 1. The normalized spacial score (nSPS) is 15.0. The zero-order chi connectivity index (χ0) is 32.9. The Morgan fingerprint density at radius 2 is 1.12 bits per heavy atom. The fourth-order valence-electron chi connectivity index (χ4n) is 8.05. The summed E-state index contributed by atoms with van der Waals surface area (Å²) in [7, 11) is 0. The van der Waals surface area contributed by atoms with Crippen molar-refractivity contribution in [1.29, 1.82) is 0 Å². The molecule has 240 valence electrons. The van der Waals surface area contributed by atoms with Crippen LogP contribution in [0.25, 0.3) is 50.2 Å². The first-order chi connectivity index (χ1) is 24.2. The standard InChI is InChI=1S/C43H38N6/c1-2-38-43(45-29-44)47(31-21-25-33(26-22-31)49-41-17-9-5-13-36(41)37-14-6-10-18-42(37)49)28-27-46(38)30-19-23-32(24-20-30)48-39-15-7-3-11-34(39)35-12-4-8-16-40(35)48/h3,5-11,13-26,29H,2,4,12,27-28H2,1H3,(H2,44,45). The molecule has 1 aliphatic heterocycles. The van der Waals surface area contributed by atoms with Gasteiger partial charge in [-0.05, 0) is 97.6 Å². The summed E-state index contributed by atoms with van der Waals surface area (Å²) >= 11 is 0. The van der Waals surface area contributed by atoms with E-state index in [0.29, 0.717) is 0 Å². The minimum Gasteiger partial charge on any atom is -0.390 e. The van der Waals surface area contributed by atoms with Crippen LogP contribution in [0.1, 0.15) is 31.0 Å². The summed E-state index contributed by atoms with van der Waals surface area (Å²) in [6.45, 7) is 3.82. The van der Waals surface area contributed by atoms with Crippen LogP contribution >= 0.6 is 0 Å². The van der Waals surface area contributed by atoms with Gasteiger partial charge in [0.2, 0.25) is 0 Å². The molecule has 6 nitrogen and oxygen atoms in total. The SMILES string of the molecule is CCC1=C(/N=C\N)N(c2ccc(-n3c4ccccc4c4ccccc43)cc2)CCN1c1ccc(-n2c3c(c4ccccc42)CCC=C3)cc1. The molecular weight excluding hydrogens is 601 g/mol. The molecule has 0 saturated heterocycles. The van der Waals surface area contributed by atoms with Crippen LogP contribution in [-0.4, -0.2) is 28.6 Å². The first-order valence-corrected chi connectivity index (χ1v) is 17.3. The quantitative estimate of drug-likeness (QED) is 0.146. The first-order valence-electron chi connectivity index (χ1n) is 17.3. The molecule has 2 aliphatic rings. The predicted molar refractivity (Wildman–Crippen MR) is 206 cm³/mol. The van der Waals surface area contributed by atoms with Crippen LogP contribution in [0.2, 0.25) is 0 Å². The zero-order valence-electron chi connectivity index (χ0n) is 27.6. The second-order valence-electron chi connectivity index (χ2n) is 12.8. The molecule has 6 heteroatoms.